The Morgan fingerprint density at radius 2 is 1.95 bits per heavy atom. The summed E-state index contributed by atoms with van der Waals surface area (Å²) in [4.78, 5) is 14.2. The van der Waals surface area contributed by atoms with E-state index in [0.717, 1.165) is 12.8 Å². The molecule has 0 aromatic heterocycles. The number of benzene rings is 1. The Morgan fingerprint density at radius 1 is 1.25 bits per heavy atom. The molecule has 0 bridgehead atoms. The minimum atomic E-state index is 0.0695. The van der Waals surface area contributed by atoms with Crippen LogP contribution in [0.15, 0.2) is 24.3 Å². The molecule has 0 aliphatic heterocycles. The number of carbonyl (C=O) groups excluding carboxylic acids is 1. The van der Waals surface area contributed by atoms with Gasteiger partial charge in [-0.3, -0.25) is 4.79 Å². The van der Waals surface area contributed by atoms with Gasteiger partial charge >= 0.3 is 0 Å². The molecule has 1 aliphatic rings. The maximum absolute atomic E-state index is 12.2. The van der Waals surface area contributed by atoms with Gasteiger partial charge in [0.1, 0.15) is 5.88 Å². The van der Waals surface area contributed by atoms with Crippen molar-refractivity contribution in [2.45, 2.75) is 58.0 Å². The second-order valence-corrected chi connectivity index (χ2v) is 6.06. The van der Waals surface area contributed by atoms with Gasteiger partial charge in [0.2, 0.25) is 5.91 Å². The molecule has 1 fully saturated rings. The molecule has 3 heteroatoms. The predicted molar refractivity (Wildman–Crippen MR) is 83.9 cm³/mol. The molecule has 20 heavy (non-hydrogen) atoms. The number of amides is 1. The summed E-state index contributed by atoms with van der Waals surface area (Å²) in [6, 6.07) is 8.76. The Labute approximate surface area is 127 Å². The average molecular weight is 294 g/mol. The van der Waals surface area contributed by atoms with E-state index >= 15 is 0 Å². The number of rotatable bonds is 4. The van der Waals surface area contributed by atoms with Gasteiger partial charge in [0.15, 0.2) is 0 Å². The van der Waals surface area contributed by atoms with Gasteiger partial charge in [0.25, 0.3) is 0 Å². The summed E-state index contributed by atoms with van der Waals surface area (Å²) >= 11 is 5.81. The molecule has 1 amide bonds. The zero-order valence-electron chi connectivity index (χ0n) is 12.3. The summed E-state index contributed by atoms with van der Waals surface area (Å²) in [5, 5.41) is 0. The molecule has 0 heterocycles. The lowest BCUT2D eigenvalue weighted by Gasteiger charge is -2.31. The lowest BCUT2D eigenvalue weighted by Crippen LogP contribution is -2.40. The van der Waals surface area contributed by atoms with E-state index in [1.165, 1.54) is 36.8 Å². The Balaban J connectivity index is 2.12. The number of halogens is 1. The Hall–Kier alpha value is -1.02. The number of hydrogen-bond acceptors (Lipinski definition) is 1. The highest BCUT2D eigenvalue weighted by atomic mass is 35.5. The first-order chi connectivity index (χ1) is 9.70. The Bertz CT molecular complexity index is 438. The molecule has 0 atom stereocenters. The summed E-state index contributed by atoms with van der Waals surface area (Å²) in [7, 11) is 0. The standard InChI is InChI=1S/C17H24ClNO/c1-14-7-6-8-15(11-14)13-19(17(20)12-18)16-9-4-2-3-5-10-16/h6-8,11,16H,2-5,9-10,12-13H2,1H3. The molecule has 0 spiro atoms. The highest BCUT2D eigenvalue weighted by Crippen LogP contribution is 2.24. The fourth-order valence-electron chi connectivity index (χ4n) is 3.07. The van der Waals surface area contributed by atoms with E-state index in [2.05, 4.69) is 31.2 Å². The van der Waals surface area contributed by atoms with E-state index in [0.29, 0.717) is 12.6 Å². The fourth-order valence-corrected chi connectivity index (χ4v) is 3.23. The molecule has 0 radical (unpaired) electrons. The van der Waals surface area contributed by atoms with Crippen LogP contribution < -0.4 is 0 Å². The molecular formula is C17H24ClNO. The predicted octanol–water partition coefficient (Wildman–Crippen LogP) is 4.29. The first-order valence-corrected chi connectivity index (χ1v) is 8.15. The topological polar surface area (TPSA) is 20.3 Å². The SMILES string of the molecule is Cc1cccc(CN(C(=O)CCl)C2CCCCCC2)c1. The highest BCUT2D eigenvalue weighted by Gasteiger charge is 2.24. The first kappa shape index (κ1) is 15.4. The molecule has 0 N–H and O–H groups in total. The van der Waals surface area contributed by atoms with E-state index < -0.39 is 0 Å². The molecule has 2 nitrogen and oxygen atoms in total. The van der Waals surface area contributed by atoms with Crippen molar-refractivity contribution < 1.29 is 4.79 Å². The molecule has 0 saturated heterocycles. The second kappa shape index (κ2) is 7.68. The van der Waals surface area contributed by atoms with Gasteiger partial charge in [-0.05, 0) is 25.3 Å². The molecule has 1 aliphatic carbocycles. The smallest absolute Gasteiger partial charge is 0.238 e. The van der Waals surface area contributed by atoms with Gasteiger partial charge in [0, 0.05) is 12.6 Å². The fraction of sp³-hybridized carbons (Fsp3) is 0.588. The summed E-state index contributed by atoms with van der Waals surface area (Å²) in [5.74, 6) is 0.155. The summed E-state index contributed by atoms with van der Waals surface area (Å²) in [5.41, 5.74) is 2.44. The monoisotopic (exact) mass is 293 g/mol. The van der Waals surface area contributed by atoms with Gasteiger partial charge in [-0.1, -0.05) is 55.5 Å². The number of nitrogens with zero attached hydrogens (tertiary/aromatic N) is 1. The Kier molecular flexibility index (Phi) is 5.90. The van der Waals surface area contributed by atoms with Crippen molar-refractivity contribution in [2.24, 2.45) is 0 Å². The number of alkyl halides is 1. The zero-order valence-corrected chi connectivity index (χ0v) is 13.0. The zero-order chi connectivity index (χ0) is 14.4. The van der Waals surface area contributed by atoms with Crippen molar-refractivity contribution in [2.75, 3.05) is 5.88 Å². The third kappa shape index (κ3) is 4.24. The summed E-state index contributed by atoms with van der Waals surface area (Å²) in [6.07, 6.45) is 7.28. The van der Waals surface area contributed by atoms with Crippen molar-refractivity contribution in [1.82, 2.24) is 4.90 Å². The van der Waals surface area contributed by atoms with Gasteiger partial charge in [0.05, 0.1) is 0 Å². The van der Waals surface area contributed by atoms with Crippen molar-refractivity contribution in [1.29, 1.82) is 0 Å². The molecule has 1 saturated carbocycles. The molecule has 110 valence electrons. The van der Waals surface area contributed by atoms with E-state index in [4.69, 9.17) is 11.6 Å². The van der Waals surface area contributed by atoms with Crippen molar-refractivity contribution in [3.63, 3.8) is 0 Å². The van der Waals surface area contributed by atoms with Crippen molar-refractivity contribution in [3.05, 3.63) is 35.4 Å². The van der Waals surface area contributed by atoms with E-state index in [-0.39, 0.29) is 11.8 Å². The molecule has 2 rings (SSSR count). The van der Waals surface area contributed by atoms with Crippen LogP contribution in [0.4, 0.5) is 0 Å². The van der Waals surface area contributed by atoms with E-state index in [1.807, 2.05) is 4.90 Å². The largest absolute Gasteiger partial charge is 0.334 e. The molecule has 0 unspecified atom stereocenters. The van der Waals surface area contributed by atoms with Crippen molar-refractivity contribution >= 4 is 17.5 Å². The maximum atomic E-state index is 12.2. The molecular weight excluding hydrogens is 270 g/mol. The van der Waals surface area contributed by atoms with E-state index in [1.54, 1.807) is 0 Å². The van der Waals surface area contributed by atoms with Crippen LogP contribution in [0.25, 0.3) is 0 Å². The van der Waals surface area contributed by atoms with Gasteiger partial charge in [-0.25, -0.2) is 0 Å². The van der Waals surface area contributed by atoms with Crippen LogP contribution in [0.3, 0.4) is 0 Å². The quantitative estimate of drug-likeness (QED) is 0.599. The number of hydrogen-bond donors (Lipinski definition) is 0. The number of carbonyl (C=O) groups is 1. The average Bonchev–Trinajstić information content (AvgIpc) is 2.73. The van der Waals surface area contributed by atoms with Crippen LogP contribution in [0.5, 0.6) is 0 Å². The lowest BCUT2D eigenvalue weighted by atomic mass is 10.0. The van der Waals surface area contributed by atoms with Crippen LogP contribution in [0, 0.1) is 6.92 Å². The highest BCUT2D eigenvalue weighted by molar-refractivity contribution is 6.27. The molecule has 1 aromatic carbocycles. The van der Waals surface area contributed by atoms with Crippen LogP contribution in [-0.2, 0) is 11.3 Å². The van der Waals surface area contributed by atoms with Crippen LogP contribution >= 0.6 is 11.6 Å². The normalized spacial score (nSPS) is 16.7. The van der Waals surface area contributed by atoms with Crippen LogP contribution in [0.2, 0.25) is 0 Å². The third-order valence-corrected chi connectivity index (χ3v) is 4.36. The summed E-state index contributed by atoms with van der Waals surface area (Å²) < 4.78 is 0. The van der Waals surface area contributed by atoms with Gasteiger partial charge < -0.3 is 4.90 Å². The van der Waals surface area contributed by atoms with Crippen LogP contribution in [-0.4, -0.2) is 22.7 Å². The number of aryl methyl sites for hydroxylation is 1. The van der Waals surface area contributed by atoms with E-state index in [9.17, 15) is 4.79 Å². The molecule has 1 aromatic rings. The first-order valence-electron chi connectivity index (χ1n) is 7.61. The van der Waals surface area contributed by atoms with Crippen molar-refractivity contribution in [3.8, 4) is 0 Å². The maximum Gasteiger partial charge on any atom is 0.238 e. The third-order valence-electron chi connectivity index (χ3n) is 4.14. The van der Waals surface area contributed by atoms with Gasteiger partial charge in [-0.2, -0.15) is 0 Å². The summed E-state index contributed by atoms with van der Waals surface area (Å²) in [6.45, 7) is 2.78. The minimum Gasteiger partial charge on any atom is -0.334 e. The van der Waals surface area contributed by atoms with Crippen LogP contribution in [0.1, 0.15) is 49.7 Å². The minimum absolute atomic E-state index is 0.0695. The lowest BCUT2D eigenvalue weighted by molar-refractivity contribution is -0.131. The Morgan fingerprint density at radius 3 is 2.55 bits per heavy atom. The van der Waals surface area contributed by atoms with Gasteiger partial charge in [-0.15, -0.1) is 11.6 Å². The second-order valence-electron chi connectivity index (χ2n) is 5.79.